The van der Waals surface area contributed by atoms with Crippen LogP contribution in [0.5, 0.6) is 0 Å². The molecule has 1 saturated heterocycles. The Labute approximate surface area is 71.7 Å². The molecule has 4 nitrogen and oxygen atoms in total. The first-order valence-corrected chi connectivity index (χ1v) is 4.11. The smallest absolute Gasteiger partial charge is 0.158 e. The van der Waals surface area contributed by atoms with E-state index >= 15 is 0 Å². The van der Waals surface area contributed by atoms with Crippen molar-refractivity contribution in [1.82, 2.24) is 0 Å². The van der Waals surface area contributed by atoms with Crippen molar-refractivity contribution in [3.05, 3.63) is 0 Å². The topological polar surface area (TPSA) is 62.5 Å². The summed E-state index contributed by atoms with van der Waals surface area (Å²) in [6, 6.07) is 2.03. The maximum Gasteiger partial charge on any atom is 0.158 e. The first-order chi connectivity index (χ1) is 5.86. The summed E-state index contributed by atoms with van der Waals surface area (Å²) >= 11 is 0. The summed E-state index contributed by atoms with van der Waals surface area (Å²) in [5.41, 5.74) is 0. The van der Waals surface area contributed by atoms with Gasteiger partial charge in [-0.15, -0.1) is 0 Å². The molecule has 0 amide bonds. The van der Waals surface area contributed by atoms with Crippen molar-refractivity contribution in [1.29, 1.82) is 5.26 Å². The van der Waals surface area contributed by atoms with Crippen molar-refractivity contribution in [3.63, 3.8) is 0 Å². The molecule has 0 bridgehead atoms. The van der Waals surface area contributed by atoms with E-state index in [9.17, 15) is 0 Å². The molecule has 2 unspecified atom stereocenters. The van der Waals surface area contributed by atoms with Gasteiger partial charge >= 0.3 is 0 Å². The fraction of sp³-hybridized carbons (Fsp3) is 0.875. The van der Waals surface area contributed by atoms with Crippen LogP contribution in [-0.4, -0.2) is 30.7 Å². The van der Waals surface area contributed by atoms with Gasteiger partial charge in [0.1, 0.15) is 0 Å². The number of hydrogen-bond donors (Lipinski definition) is 1. The van der Waals surface area contributed by atoms with Gasteiger partial charge in [-0.05, 0) is 6.42 Å². The third kappa shape index (κ3) is 2.78. The Morgan fingerprint density at radius 1 is 1.58 bits per heavy atom. The summed E-state index contributed by atoms with van der Waals surface area (Å²) in [4.78, 5) is 0. The third-order valence-corrected chi connectivity index (χ3v) is 1.73. The molecular weight excluding hydrogens is 158 g/mol. The molecule has 4 heteroatoms. The van der Waals surface area contributed by atoms with Crippen molar-refractivity contribution in [2.24, 2.45) is 0 Å². The molecule has 1 aliphatic rings. The maximum atomic E-state index is 8.53. The largest absolute Gasteiger partial charge is 0.396 e. The molecule has 0 aromatic rings. The highest BCUT2D eigenvalue weighted by molar-refractivity contribution is 4.78. The molecule has 1 rings (SSSR count). The molecule has 0 aromatic heterocycles. The van der Waals surface area contributed by atoms with Gasteiger partial charge in [-0.25, -0.2) is 0 Å². The van der Waals surface area contributed by atoms with Gasteiger partial charge in [0.25, 0.3) is 0 Å². The fourth-order valence-corrected chi connectivity index (χ4v) is 1.13. The zero-order chi connectivity index (χ0) is 8.81. The van der Waals surface area contributed by atoms with Gasteiger partial charge in [-0.1, -0.05) is 0 Å². The second-order valence-corrected chi connectivity index (χ2v) is 2.75. The molecule has 1 fully saturated rings. The number of nitriles is 1. The van der Waals surface area contributed by atoms with E-state index in [4.69, 9.17) is 19.8 Å². The second kappa shape index (κ2) is 5.09. The SMILES string of the molecule is N#CCC1COC(CCCO)O1. The van der Waals surface area contributed by atoms with E-state index in [1.807, 2.05) is 6.07 Å². The van der Waals surface area contributed by atoms with Gasteiger partial charge in [0.2, 0.25) is 0 Å². The predicted molar refractivity (Wildman–Crippen MR) is 41.2 cm³/mol. The lowest BCUT2D eigenvalue weighted by molar-refractivity contribution is -0.0638. The summed E-state index contributed by atoms with van der Waals surface area (Å²) in [6.07, 6.45) is 1.49. The number of aliphatic hydroxyl groups excluding tert-OH is 1. The summed E-state index contributed by atoms with van der Waals surface area (Å²) in [5, 5.41) is 16.9. The molecule has 68 valence electrons. The van der Waals surface area contributed by atoms with Crippen LogP contribution in [0.15, 0.2) is 0 Å². The molecule has 12 heavy (non-hydrogen) atoms. The van der Waals surface area contributed by atoms with Crippen LogP contribution in [0.2, 0.25) is 0 Å². The average molecular weight is 171 g/mol. The first-order valence-electron chi connectivity index (χ1n) is 4.11. The molecule has 1 heterocycles. The Bertz CT molecular complexity index is 166. The second-order valence-electron chi connectivity index (χ2n) is 2.75. The van der Waals surface area contributed by atoms with Crippen LogP contribution in [0.25, 0.3) is 0 Å². The lowest BCUT2D eigenvalue weighted by Crippen LogP contribution is -2.11. The lowest BCUT2D eigenvalue weighted by Gasteiger charge is -2.07. The van der Waals surface area contributed by atoms with E-state index in [2.05, 4.69) is 0 Å². The minimum absolute atomic E-state index is 0.0707. The Morgan fingerprint density at radius 3 is 3.08 bits per heavy atom. The highest BCUT2D eigenvalue weighted by Gasteiger charge is 2.24. The normalized spacial score (nSPS) is 28.7. The van der Waals surface area contributed by atoms with E-state index in [1.165, 1.54) is 0 Å². The monoisotopic (exact) mass is 171 g/mol. The zero-order valence-corrected chi connectivity index (χ0v) is 6.90. The fourth-order valence-electron chi connectivity index (χ4n) is 1.13. The van der Waals surface area contributed by atoms with Crippen LogP contribution in [0.4, 0.5) is 0 Å². The van der Waals surface area contributed by atoms with Crippen LogP contribution in [0.1, 0.15) is 19.3 Å². The van der Waals surface area contributed by atoms with Crippen LogP contribution < -0.4 is 0 Å². The van der Waals surface area contributed by atoms with Crippen molar-refractivity contribution in [2.45, 2.75) is 31.7 Å². The van der Waals surface area contributed by atoms with Crippen LogP contribution in [-0.2, 0) is 9.47 Å². The van der Waals surface area contributed by atoms with E-state index in [0.717, 1.165) is 0 Å². The van der Waals surface area contributed by atoms with Gasteiger partial charge in [0.15, 0.2) is 6.29 Å². The van der Waals surface area contributed by atoms with E-state index in [0.29, 0.717) is 25.9 Å². The van der Waals surface area contributed by atoms with Crippen LogP contribution in [0.3, 0.4) is 0 Å². The quantitative estimate of drug-likeness (QED) is 0.665. The van der Waals surface area contributed by atoms with Gasteiger partial charge in [-0.2, -0.15) is 5.26 Å². The summed E-state index contributed by atoms with van der Waals surface area (Å²) in [6.45, 7) is 0.662. The zero-order valence-electron chi connectivity index (χ0n) is 6.90. The van der Waals surface area contributed by atoms with Crippen molar-refractivity contribution >= 4 is 0 Å². The number of hydrogen-bond acceptors (Lipinski definition) is 4. The van der Waals surface area contributed by atoms with Crippen molar-refractivity contribution < 1.29 is 14.6 Å². The van der Waals surface area contributed by atoms with E-state index in [-0.39, 0.29) is 19.0 Å². The van der Waals surface area contributed by atoms with Gasteiger partial charge in [-0.3, -0.25) is 0 Å². The Hall–Kier alpha value is -0.630. The maximum absolute atomic E-state index is 8.53. The summed E-state index contributed by atoms with van der Waals surface area (Å²) in [7, 11) is 0. The summed E-state index contributed by atoms with van der Waals surface area (Å²) in [5.74, 6) is 0. The Balaban J connectivity index is 2.13. The average Bonchev–Trinajstić information content (AvgIpc) is 2.50. The predicted octanol–water partition coefficient (Wildman–Crippen LogP) is 0.414. The van der Waals surface area contributed by atoms with Crippen molar-refractivity contribution in [3.8, 4) is 6.07 Å². The van der Waals surface area contributed by atoms with Crippen LogP contribution >= 0.6 is 0 Å². The number of ether oxygens (including phenoxy) is 2. The van der Waals surface area contributed by atoms with Gasteiger partial charge < -0.3 is 14.6 Å². The minimum Gasteiger partial charge on any atom is -0.396 e. The molecule has 2 atom stereocenters. The molecule has 1 N–H and O–H groups in total. The molecule has 0 aromatic carbocycles. The van der Waals surface area contributed by atoms with E-state index < -0.39 is 0 Å². The third-order valence-electron chi connectivity index (χ3n) is 1.73. The molecule has 0 aliphatic carbocycles. The van der Waals surface area contributed by atoms with E-state index in [1.54, 1.807) is 0 Å². The molecule has 0 saturated carbocycles. The highest BCUT2D eigenvalue weighted by Crippen LogP contribution is 2.17. The van der Waals surface area contributed by atoms with Gasteiger partial charge in [0, 0.05) is 13.0 Å². The highest BCUT2D eigenvalue weighted by atomic mass is 16.7. The standard InChI is InChI=1S/C8H13NO3/c9-4-3-7-6-11-8(12-7)2-1-5-10/h7-8,10H,1-3,5-6H2. The van der Waals surface area contributed by atoms with Crippen molar-refractivity contribution in [2.75, 3.05) is 13.2 Å². The minimum atomic E-state index is -0.213. The van der Waals surface area contributed by atoms with Gasteiger partial charge in [0.05, 0.1) is 25.2 Å². The number of aliphatic hydroxyl groups is 1. The first kappa shape index (κ1) is 9.46. The molecular formula is C8H13NO3. The Kier molecular flexibility index (Phi) is 4.01. The summed E-state index contributed by atoms with van der Waals surface area (Å²) < 4.78 is 10.6. The number of nitrogens with zero attached hydrogens (tertiary/aromatic N) is 1. The molecule has 0 spiro atoms. The molecule has 0 radical (unpaired) electrons. The Morgan fingerprint density at radius 2 is 2.42 bits per heavy atom. The van der Waals surface area contributed by atoms with Crippen LogP contribution in [0, 0.1) is 11.3 Å². The molecule has 1 aliphatic heterocycles. The number of rotatable bonds is 4. The lowest BCUT2D eigenvalue weighted by atomic mass is 10.3.